The van der Waals surface area contributed by atoms with Crippen LogP contribution in [0.4, 0.5) is 23.1 Å². The van der Waals surface area contributed by atoms with Crippen LogP contribution in [0.3, 0.4) is 0 Å². The first-order valence-corrected chi connectivity index (χ1v) is 11.4. The van der Waals surface area contributed by atoms with Crippen molar-refractivity contribution in [2.75, 3.05) is 35.4 Å². The Morgan fingerprint density at radius 2 is 1.97 bits per heavy atom. The second kappa shape index (κ2) is 7.72. The molecule has 3 aromatic rings. The van der Waals surface area contributed by atoms with Crippen molar-refractivity contribution >= 4 is 50.6 Å². The van der Waals surface area contributed by atoms with Crippen LogP contribution in [0.2, 0.25) is 0 Å². The number of likely N-dealkylation sites (N-methyl/N-ethyl adjacent to an activating group) is 1. The fourth-order valence-electron chi connectivity index (χ4n) is 4.46. The Hall–Kier alpha value is -2.78. The number of benzene rings is 1. The summed E-state index contributed by atoms with van der Waals surface area (Å²) in [6.45, 7) is 7.44. The molecule has 1 N–H and O–H groups in total. The van der Waals surface area contributed by atoms with E-state index < -0.39 is 0 Å². The van der Waals surface area contributed by atoms with Gasteiger partial charge in [0.15, 0.2) is 5.82 Å². The molecule has 1 aromatic carbocycles. The molecule has 1 unspecified atom stereocenters. The average molecular weight is 439 g/mol. The summed E-state index contributed by atoms with van der Waals surface area (Å²) in [4.78, 5) is 30.7. The molecule has 0 spiro atoms. The second-order valence-corrected chi connectivity index (χ2v) is 9.45. The van der Waals surface area contributed by atoms with Crippen LogP contribution in [0.1, 0.15) is 30.3 Å². The summed E-state index contributed by atoms with van der Waals surface area (Å²) < 4.78 is 6.67. The number of fused-ring (bicyclic) bond motifs is 2. The van der Waals surface area contributed by atoms with E-state index in [2.05, 4.69) is 39.2 Å². The minimum atomic E-state index is -0.276. The molecule has 1 saturated heterocycles. The largest absolute Gasteiger partial charge is 0.381 e. The molecule has 0 bridgehead atoms. The highest BCUT2D eigenvalue weighted by Crippen LogP contribution is 2.38. The minimum absolute atomic E-state index is 0.0603. The number of hydrogen-bond donors (Lipinski definition) is 1. The van der Waals surface area contributed by atoms with E-state index in [1.54, 1.807) is 29.5 Å². The molecule has 0 radical (unpaired) electrons. The minimum Gasteiger partial charge on any atom is -0.381 e. The zero-order valence-electron chi connectivity index (χ0n) is 18.2. The molecule has 4 heterocycles. The van der Waals surface area contributed by atoms with Gasteiger partial charge in [-0.2, -0.15) is 4.98 Å². The van der Waals surface area contributed by atoms with Gasteiger partial charge in [-0.1, -0.05) is 0 Å². The van der Waals surface area contributed by atoms with E-state index in [9.17, 15) is 4.79 Å². The van der Waals surface area contributed by atoms with Crippen molar-refractivity contribution in [2.45, 2.75) is 45.7 Å². The number of aryl methyl sites for hydroxylation is 2. The zero-order chi connectivity index (χ0) is 21.7. The number of rotatable bonds is 3. The third-order valence-electron chi connectivity index (χ3n) is 6.13. The number of thiazole rings is 1. The van der Waals surface area contributed by atoms with E-state index in [0.717, 1.165) is 50.8 Å². The Balaban J connectivity index is 1.53. The number of carbonyl (C=O) groups excluding carboxylic acids is 1. The molecule has 2 aromatic heterocycles. The van der Waals surface area contributed by atoms with Crippen LogP contribution in [0.15, 0.2) is 18.3 Å². The normalized spacial score (nSPS) is 19.7. The summed E-state index contributed by atoms with van der Waals surface area (Å²) in [5.41, 5.74) is 3.80. The lowest BCUT2D eigenvalue weighted by Gasteiger charge is -2.44. The highest BCUT2D eigenvalue weighted by atomic mass is 32.1. The van der Waals surface area contributed by atoms with E-state index in [1.165, 1.54) is 0 Å². The summed E-state index contributed by atoms with van der Waals surface area (Å²) in [5, 5.41) is 4.44. The standard InChI is InChI=1S/C22H26N6O2S/c1-12-9-17-19(31-14(3)24-17)10-16(12)25-22-23-11-18-20(26-22)28(13(2)21(29)27(18)4)15-5-7-30-8-6-15/h9-11,13,15H,5-8H2,1-4H3,(H,23,25,26). The summed E-state index contributed by atoms with van der Waals surface area (Å²) in [5.74, 6) is 1.38. The Kier molecular flexibility index (Phi) is 5.02. The van der Waals surface area contributed by atoms with Gasteiger partial charge in [-0.05, 0) is 51.3 Å². The average Bonchev–Trinajstić information content (AvgIpc) is 3.12. The molecule has 8 nitrogen and oxygen atoms in total. The van der Waals surface area contributed by atoms with Crippen molar-refractivity contribution in [3.8, 4) is 0 Å². The van der Waals surface area contributed by atoms with Crippen LogP contribution >= 0.6 is 11.3 Å². The van der Waals surface area contributed by atoms with E-state index in [0.29, 0.717) is 19.2 Å². The Morgan fingerprint density at radius 1 is 1.19 bits per heavy atom. The molecule has 162 valence electrons. The zero-order valence-corrected chi connectivity index (χ0v) is 19.0. The van der Waals surface area contributed by atoms with Crippen LogP contribution in [0.5, 0.6) is 0 Å². The van der Waals surface area contributed by atoms with Crippen molar-refractivity contribution in [3.63, 3.8) is 0 Å². The second-order valence-electron chi connectivity index (χ2n) is 8.22. The van der Waals surface area contributed by atoms with Gasteiger partial charge in [0.1, 0.15) is 11.7 Å². The molecule has 0 aliphatic carbocycles. The van der Waals surface area contributed by atoms with Crippen molar-refractivity contribution in [1.29, 1.82) is 0 Å². The molecular formula is C22H26N6O2S. The van der Waals surface area contributed by atoms with Gasteiger partial charge in [0, 0.05) is 32.0 Å². The number of hydrogen-bond acceptors (Lipinski definition) is 8. The van der Waals surface area contributed by atoms with E-state index in [-0.39, 0.29) is 18.0 Å². The van der Waals surface area contributed by atoms with Crippen molar-refractivity contribution in [2.24, 2.45) is 0 Å². The van der Waals surface area contributed by atoms with E-state index in [4.69, 9.17) is 9.72 Å². The predicted octanol–water partition coefficient (Wildman–Crippen LogP) is 3.80. The van der Waals surface area contributed by atoms with E-state index in [1.807, 2.05) is 13.8 Å². The van der Waals surface area contributed by atoms with Gasteiger partial charge in [-0.25, -0.2) is 9.97 Å². The number of amides is 1. The lowest BCUT2D eigenvalue weighted by atomic mass is 10.0. The molecule has 9 heteroatoms. The van der Waals surface area contributed by atoms with Crippen LogP contribution in [0.25, 0.3) is 10.2 Å². The maximum absolute atomic E-state index is 12.9. The van der Waals surface area contributed by atoms with Crippen LogP contribution in [-0.4, -0.2) is 53.2 Å². The molecule has 0 saturated carbocycles. The van der Waals surface area contributed by atoms with E-state index >= 15 is 0 Å². The lowest BCUT2D eigenvalue weighted by molar-refractivity contribution is -0.119. The number of ether oxygens (including phenoxy) is 1. The summed E-state index contributed by atoms with van der Waals surface area (Å²) in [6, 6.07) is 4.14. The Morgan fingerprint density at radius 3 is 2.74 bits per heavy atom. The molecule has 2 aliphatic heterocycles. The van der Waals surface area contributed by atoms with Gasteiger partial charge in [-0.15, -0.1) is 11.3 Å². The highest BCUT2D eigenvalue weighted by molar-refractivity contribution is 7.18. The predicted molar refractivity (Wildman–Crippen MR) is 124 cm³/mol. The van der Waals surface area contributed by atoms with Gasteiger partial charge < -0.3 is 19.9 Å². The monoisotopic (exact) mass is 438 g/mol. The lowest BCUT2D eigenvalue weighted by Crippen LogP contribution is -2.56. The highest BCUT2D eigenvalue weighted by Gasteiger charge is 2.39. The number of nitrogens with zero attached hydrogens (tertiary/aromatic N) is 5. The molecule has 31 heavy (non-hydrogen) atoms. The van der Waals surface area contributed by atoms with Gasteiger partial charge in [0.05, 0.1) is 21.4 Å². The molecule has 2 aliphatic rings. The fraction of sp³-hybridized carbons (Fsp3) is 0.455. The third kappa shape index (κ3) is 3.51. The topological polar surface area (TPSA) is 83.5 Å². The van der Waals surface area contributed by atoms with Crippen LogP contribution in [0, 0.1) is 13.8 Å². The number of anilines is 4. The summed E-state index contributed by atoms with van der Waals surface area (Å²) in [7, 11) is 1.79. The van der Waals surface area contributed by atoms with Crippen molar-refractivity contribution in [1.82, 2.24) is 15.0 Å². The van der Waals surface area contributed by atoms with Gasteiger partial charge >= 0.3 is 0 Å². The number of carbonyl (C=O) groups is 1. The van der Waals surface area contributed by atoms with Crippen molar-refractivity contribution < 1.29 is 9.53 Å². The summed E-state index contributed by atoms with van der Waals surface area (Å²) in [6.07, 6.45) is 3.51. The quantitative estimate of drug-likeness (QED) is 0.666. The SMILES string of the molecule is Cc1nc2cc(C)c(Nc3ncc4c(n3)N(C3CCOCC3)C(C)C(=O)N4C)cc2s1. The van der Waals surface area contributed by atoms with Gasteiger partial charge in [-0.3, -0.25) is 4.79 Å². The maximum atomic E-state index is 12.9. The number of aromatic nitrogens is 3. The molecule has 1 atom stereocenters. The molecule has 1 amide bonds. The van der Waals surface area contributed by atoms with Crippen LogP contribution < -0.4 is 15.1 Å². The first-order chi connectivity index (χ1) is 14.9. The number of nitrogens with one attached hydrogen (secondary N) is 1. The third-order valence-corrected chi connectivity index (χ3v) is 7.07. The Bertz CT molecular complexity index is 1160. The van der Waals surface area contributed by atoms with Crippen LogP contribution in [-0.2, 0) is 9.53 Å². The molecule has 5 rings (SSSR count). The summed E-state index contributed by atoms with van der Waals surface area (Å²) >= 11 is 1.67. The smallest absolute Gasteiger partial charge is 0.249 e. The maximum Gasteiger partial charge on any atom is 0.249 e. The first kappa shape index (κ1) is 20.1. The van der Waals surface area contributed by atoms with Gasteiger partial charge in [0.25, 0.3) is 0 Å². The first-order valence-electron chi connectivity index (χ1n) is 10.6. The Labute approximate surface area is 185 Å². The molecule has 1 fully saturated rings. The molecular weight excluding hydrogens is 412 g/mol. The fourth-order valence-corrected chi connectivity index (χ4v) is 5.30. The van der Waals surface area contributed by atoms with Gasteiger partial charge in [0.2, 0.25) is 11.9 Å². The van der Waals surface area contributed by atoms with Crippen molar-refractivity contribution in [3.05, 3.63) is 28.9 Å².